The fourth-order valence-electron chi connectivity index (χ4n) is 0.979. The van der Waals surface area contributed by atoms with Crippen LogP contribution in [0.25, 0.3) is 0 Å². The molecule has 0 spiro atoms. The lowest BCUT2D eigenvalue weighted by Crippen LogP contribution is -2.13. The molecule has 0 saturated heterocycles. The summed E-state index contributed by atoms with van der Waals surface area (Å²) in [6.07, 6.45) is 0.987. The normalized spacial score (nSPS) is 10.1. The zero-order chi connectivity index (χ0) is 10.2. The number of nitrogens with zero attached hydrogens (tertiary/aromatic N) is 2. The van der Waals surface area contributed by atoms with Gasteiger partial charge in [0.25, 0.3) is 0 Å². The first kappa shape index (κ1) is 10.9. The summed E-state index contributed by atoms with van der Waals surface area (Å²) >= 11 is 0. The number of hydrogen-bond donors (Lipinski definition) is 1. The highest BCUT2D eigenvalue weighted by Gasteiger charge is 1.97. The lowest BCUT2D eigenvalue weighted by atomic mass is 10.4. The summed E-state index contributed by atoms with van der Waals surface area (Å²) < 4.78 is 5.32. The van der Waals surface area contributed by atoms with Crippen molar-refractivity contribution in [3.8, 4) is 5.88 Å². The predicted octanol–water partition coefficient (Wildman–Crippen LogP) is 1.37. The van der Waals surface area contributed by atoms with Crippen LogP contribution in [0.5, 0.6) is 5.88 Å². The van der Waals surface area contributed by atoms with Gasteiger partial charge in [0.05, 0.1) is 12.3 Å². The van der Waals surface area contributed by atoms with E-state index in [-0.39, 0.29) is 0 Å². The molecule has 0 amide bonds. The molecule has 0 fully saturated rings. The number of hydrogen-bond acceptors (Lipinski definition) is 4. The lowest BCUT2D eigenvalue weighted by molar-refractivity contribution is 0.301. The number of aromatic nitrogens is 2. The fourth-order valence-corrected chi connectivity index (χ4v) is 0.979. The largest absolute Gasteiger partial charge is 0.477 e. The third kappa shape index (κ3) is 3.70. The Morgan fingerprint density at radius 1 is 1.29 bits per heavy atom. The van der Waals surface area contributed by atoms with Gasteiger partial charge in [0.2, 0.25) is 5.88 Å². The topological polar surface area (TPSA) is 47.0 Å². The van der Waals surface area contributed by atoms with Crippen LogP contribution in [0, 0.1) is 0 Å². The second kappa shape index (κ2) is 6.32. The van der Waals surface area contributed by atoms with Gasteiger partial charge in [-0.25, -0.2) is 0 Å². The molecule has 0 aliphatic carbocycles. The van der Waals surface area contributed by atoms with Gasteiger partial charge in [-0.2, -0.15) is 5.10 Å². The zero-order valence-corrected chi connectivity index (χ0v) is 8.79. The molecule has 4 nitrogen and oxygen atoms in total. The van der Waals surface area contributed by atoms with Crippen LogP contribution in [0.15, 0.2) is 12.1 Å². The first-order valence-electron chi connectivity index (χ1n) is 5.03. The van der Waals surface area contributed by atoms with Crippen LogP contribution in [0.1, 0.15) is 26.0 Å². The van der Waals surface area contributed by atoms with Crippen molar-refractivity contribution in [3.63, 3.8) is 0 Å². The second-order valence-corrected chi connectivity index (χ2v) is 2.99. The molecule has 1 aromatic rings. The van der Waals surface area contributed by atoms with Gasteiger partial charge < -0.3 is 10.1 Å². The minimum atomic E-state index is 0.604. The number of rotatable bonds is 6. The van der Waals surface area contributed by atoms with E-state index in [4.69, 9.17) is 4.74 Å². The molecule has 0 unspecified atom stereocenters. The Morgan fingerprint density at radius 2 is 2.14 bits per heavy atom. The first-order chi connectivity index (χ1) is 6.86. The average Bonchev–Trinajstić information content (AvgIpc) is 2.25. The molecule has 0 atom stereocenters. The van der Waals surface area contributed by atoms with Crippen LogP contribution >= 0.6 is 0 Å². The highest BCUT2D eigenvalue weighted by molar-refractivity contribution is 5.11. The maximum absolute atomic E-state index is 5.32. The third-order valence-corrected chi connectivity index (χ3v) is 1.71. The van der Waals surface area contributed by atoms with E-state index >= 15 is 0 Å². The Kier molecular flexibility index (Phi) is 4.93. The Bertz CT molecular complexity index is 221. The highest BCUT2D eigenvalue weighted by atomic mass is 16.5. The van der Waals surface area contributed by atoms with Gasteiger partial charge in [-0.05, 0) is 19.0 Å². The SMILES string of the molecule is CCCOc1ccc(CNCC)nn1. The van der Waals surface area contributed by atoms with E-state index < -0.39 is 0 Å². The quantitative estimate of drug-likeness (QED) is 0.744. The number of nitrogens with one attached hydrogen (secondary N) is 1. The smallest absolute Gasteiger partial charge is 0.233 e. The van der Waals surface area contributed by atoms with Crippen molar-refractivity contribution in [1.82, 2.24) is 15.5 Å². The standard InChI is InChI=1S/C10H17N3O/c1-3-7-14-10-6-5-9(12-13-10)8-11-4-2/h5-6,11H,3-4,7-8H2,1-2H3. The van der Waals surface area contributed by atoms with Crippen LogP contribution in [0.4, 0.5) is 0 Å². The minimum Gasteiger partial charge on any atom is -0.477 e. The van der Waals surface area contributed by atoms with E-state index in [2.05, 4.69) is 29.4 Å². The summed E-state index contributed by atoms with van der Waals surface area (Å²) in [7, 11) is 0. The number of ether oxygens (including phenoxy) is 1. The first-order valence-corrected chi connectivity index (χ1v) is 5.03. The Balaban J connectivity index is 2.42. The summed E-state index contributed by atoms with van der Waals surface area (Å²) in [6, 6.07) is 3.79. The Hall–Kier alpha value is -1.16. The maximum atomic E-state index is 5.32. The van der Waals surface area contributed by atoms with Gasteiger partial charge in [0, 0.05) is 12.6 Å². The van der Waals surface area contributed by atoms with Crippen molar-refractivity contribution < 1.29 is 4.74 Å². The van der Waals surface area contributed by atoms with Crippen LogP contribution < -0.4 is 10.1 Å². The highest BCUT2D eigenvalue weighted by Crippen LogP contribution is 2.04. The molecule has 1 heterocycles. The van der Waals surface area contributed by atoms with Crippen LogP contribution in [-0.2, 0) is 6.54 Å². The van der Waals surface area contributed by atoms with Crippen molar-refractivity contribution in [1.29, 1.82) is 0 Å². The van der Waals surface area contributed by atoms with Crippen LogP contribution in [0.3, 0.4) is 0 Å². The molecule has 1 rings (SSSR count). The van der Waals surface area contributed by atoms with Crippen LogP contribution in [0.2, 0.25) is 0 Å². The Morgan fingerprint density at radius 3 is 2.71 bits per heavy atom. The molecule has 0 aromatic carbocycles. The third-order valence-electron chi connectivity index (χ3n) is 1.71. The molecule has 0 aliphatic heterocycles. The molecule has 4 heteroatoms. The fraction of sp³-hybridized carbons (Fsp3) is 0.600. The van der Waals surface area contributed by atoms with Crippen molar-refractivity contribution in [2.75, 3.05) is 13.2 Å². The molecule has 1 aromatic heterocycles. The van der Waals surface area contributed by atoms with Gasteiger partial charge >= 0.3 is 0 Å². The molecule has 0 saturated carbocycles. The molecule has 1 N–H and O–H groups in total. The average molecular weight is 195 g/mol. The summed E-state index contributed by atoms with van der Waals surface area (Å²) in [6.45, 7) is 6.52. The van der Waals surface area contributed by atoms with Crippen molar-refractivity contribution >= 4 is 0 Å². The van der Waals surface area contributed by atoms with Gasteiger partial charge in [0.15, 0.2) is 0 Å². The van der Waals surface area contributed by atoms with E-state index in [9.17, 15) is 0 Å². The van der Waals surface area contributed by atoms with E-state index in [1.807, 2.05) is 12.1 Å². The van der Waals surface area contributed by atoms with Gasteiger partial charge in [-0.3, -0.25) is 0 Å². The monoisotopic (exact) mass is 195 g/mol. The maximum Gasteiger partial charge on any atom is 0.233 e. The van der Waals surface area contributed by atoms with Crippen molar-refractivity contribution in [2.45, 2.75) is 26.8 Å². The summed E-state index contributed by atoms with van der Waals surface area (Å²) in [4.78, 5) is 0. The summed E-state index contributed by atoms with van der Waals surface area (Å²) in [5, 5.41) is 11.2. The molecule has 0 aliphatic rings. The van der Waals surface area contributed by atoms with Crippen molar-refractivity contribution in [2.24, 2.45) is 0 Å². The van der Waals surface area contributed by atoms with E-state index in [0.29, 0.717) is 12.5 Å². The Labute approximate surface area is 84.7 Å². The summed E-state index contributed by atoms with van der Waals surface area (Å²) in [5.41, 5.74) is 0.940. The summed E-state index contributed by atoms with van der Waals surface area (Å²) in [5.74, 6) is 0.604. The van der Waals surface area contributed by atoms with Crippen molar-refractivity contribution in [3.05, 3.63) is 17.8 Å². The lowest BCUT2D eigenvalue weighted by Gasteiger charge is -2.03. The predicted molar refractivity (Wildman–Crippen MR) is 55.2 cm³/mol. The molecule has 0 radical (unpaired) electrons. The van der Waals surface area contributed by atoms with E-state index in [1.165, 1.54) is 0 Å². The molecule has 78 valence electrons. The second-order valence-electron chi connectivity index (χ2n) is 2.99. The molecule has 14 heavy (non-hydrogen) atoms. The van der Waals surface area contributed by atoms with Gasteiger partial charge in [0.1, 0.15) is 0 Å². The van der Waals surface area contributed by atoms with Crippen LogP contribution in [-0.4, -0.2) is 23.3 Å². The minimum absolute atomic E-state index is 0.604. The molecular weight excluding hydrogens is 178 g/mol. The van der Waals surface area contributed by atoms with E-state index in [0.717, 1.165) is 25.2 Å². The van der Waals surface area contributed by atoms with E-state index in [1.54, 1.807) is 0 Å². The van der Waals surface area contributed by atoms with Gasteiger partial charge in [-0.1, -0.05) is 13.8 Å². The van der Waals surface area contributed by atoms with Gasteiger partial charge in [-0.15, -0.1) is 5.10 Å². The molecular formula is C10H17N3O. The molecule has 0 bridgehead atoms. The zero-order valence-electron chi connectivity index (χ0n) is 8.79.